The summed E-state index contributed by atoms with van der Waals surface area (Å²) >= 11 is 1.95. The highest BCUT2D eigenvalue weighted by molar-refractivity contribution is 8.00. The van der Waals surface area contributed by atoms with Crippen molar-refractivity contribution in [3.63, 3.8) is 0 Å². The Kier molecular flexibility index (Phi) is 9.29. The lowest BCUT2D eigenvalue weighted by Gasteiger charge is -2.47. The van der Waals surface area contributed by atoms with Gasteiger partial charge >= 0.3 is 0 Å². The molecule has 5 heteroatoms. The van der Waals surface area contributed by atoms with Crippen LogP contribution in [-0.2, 0) is 0 Å². The van der Waals surface area contributed by atoms with E-state index >= 15 is 0 Å². The summed E-state index contributed by atoms with van der Waals surface area (Å²) < 4.78 is 0. The van der Waals surface area contributed by atoms with E-state index in [2.05, 4.69) is 210 Å². The number of hydrogen-bond donors (Lipinski definition) is 1. The normalized spacial score (nSPS) is 13.5. The van der Waals surface area contributed by atoms with Crippen LogP contribution in [0.25, 0.3) is 11.1 Å². The van der Waals surface area contributed by atoms with Crippen LogP contribution in [0.4, 0.5) is 45.5 Å². The van der Waals surface area contributed by atoms with E-state index in [1.54, 1.807) is 0 Å². The van der Waals surface area contributed by atoms with E-state index in [1.165, 1.54) is 93.7 Å². The Morgan fingerprint density at radius 1 is 0.475 bits per heavy atom. The van der Waals surface area contributed by atoms with Gasteiger partial charge in [-0.15, -0.1) is 0 Å². The summed E-state index contributed by atoms with van der Waals surface area (Å²) in [6.07, 6.45) is 0. The molecule has 1 N–H and O–H groups in total. The van der Waals surface area contributed by atoms with Crippen LogP contribution < -0.4 is 31.5 Å². The molecular weight excluding hydrogens is 733 g/mol. The maximum Gasteiger partial charge on any atom is 0.252 e. The lowest BCUT2D eigenvalue weighted by atomic mass is 9.33. The number of fused-ring (bicyclic) bond motifs is 7. The predicted molar refractivity (Wildman–Crippen MR) is 256 cm³/mol. The monoisotopic (exact) mass is 785 g/mol. The first-order valence-electron chi connectivity index (χ1n) is 21.5. The molecule has 3 heterocycles. The summed E-state index contributed by atoms with van der Waals surface area (Å²) in [6.45, 7) is 18.5. The number of hydrogen-bond acceptors (Lipinski definition) is 4. The van der Waals surface area contributed by atoms with Gasteiger partial charge in [0.1, 0.15) is 0 Å². The molecule has 0 aromatic heterocycles. The Hall–Kier alpha value is -5.65. The molecular formula is C54H52BN3S. The predicted octanol–water partition coefficient (Wildman–Crippen LogP) is 14.1. The van der Waals surface area contributed by atoms with E-state index in [0.29, 0.717) is 23.7 Å². The van der Waals surface area contributed by atoms with Gasteiger partial charge in [0, 0.05) is 55.0 Å². The summed E-state index contributed by atoms with van der Waals surface area (Å²) in [4.78, 5) is 7.84. The van der Waals surface area contributed by atoms with E-state index in [0.717, 1.165) is 11.4 Å². The Morgan fingerprint density at radius 2 is 1.03 bits per heavy atom. The highest BCUT2D eigenvalue weighted by atomic mass is 32.2. The molecule has 7 aromatic carbocycles. The zero-order chi connectivity index (χ0) is 40.7. The molecule has 59 heavy (non-hydrogen) atoms. The van der Waals surface area contributed by atoms with Gasteiger partial charge in [-0.3, -0.25) is 0 Å². The topological polar surface area (TPSA) is 18.5 Å². The van der Waals surface area contributed by atoms with E-state index in [-0.39, 0.29) is 6.71 Å². The van der Waals surface area contributed by atoms with E-state index in [1.807, 2.05) is 11.8 Å². The van der Waals surface area contributed by atoms with Crippen molar-refractivity contribution in [1.29, 1.82) is 0 Å². The van der Waals surface area contributed by atoms with Crippen molar-refractivity contribution in [2.45, 2.75) is 88.9 Å². The number of benzene rings is 7. The van der Waals surface area contributed by atoms with Crippen LogP contribution in [0.5, 0.6) is 0 Å². The van der Waals surface area contributed by atoms with Crippen LogP contribution in [-0.4, -0.2) is 6.71 Å². The van der Waals surface area contributed by atoms with Gasteiger partial charge in [0.2, 0.25) is 0 Å². The molecule has 0 atom stereocenters. The summed E-state index contributed by atoms with van der Waals surface area (Å²) in [7, 11) is 0. The highest BCUT2D eigenvalue weighted by Crippen LogP contribution is 2.58. The van der Waals surface area contributed by atoms with E-state index in [9.17, 15) is 0 Å². The van der Waals surface area contributed by atoms with Crippen molar-refractivity contribution in [3.8, 4) is 11.1 Å². The fourth-order valence-electron chi connectivity index (χ4n) is 9.40. The van der Waals surface area contributed by atoms with Crippen molar-refractivity contribution in [3.05, 3.63) is 162 Å². The zero-order valence-electron chi connectivity index (χ0n) is 35.5. The van der Waals surface area contributed by atoms with Crippen molar-refractivity contribution in [2.75, 3.05) is 15.1 Å². The molecule has 292 valence electrons. The van der Waals surface area contributed by atoms with E-state index < -0.39 is 0 Å². The molecule has 3 aliphatic rings. The molecule has 0 aliphatic carbocycles. The molecule has 0 saturated heterocycles. The first kappa shape index (κ1) is 37.6. The minimum Gasteiger partial charge on any atom is -0.355 e. The molecule has 10 rings (SSSR count). The van der Waals surface area contributed by atoms with Gasteiger partial charge in [0.25, 0.3) is 6.71 Å². The van der Waals surface area contributed by atoms with Crippen LogP contribution in [0.1, 0.15) is 101 Å². The van der Waals surface area contributed by atoms with Crippen molar-refractivity contribution < 1.29 is 0 Å². The smallest absolute Gasteiger partial charge is 0.252 e. The fourth-order valence-corrected chi connectivity index (χ4v) is 10.7. The van der Waals surface area contributed by atoms with Gasteiger partial charge in [-0.2, -0.15) is 0 Å². The summed E-state index contributed by atoms with van der Waals surface area (Å²) in [5, 5.41) is 3.83. The molecule has 0 spiro atoms. The number of para-hydroxylation sites is 2. The van der Waals surface area contributed by atoms with Crippen LogP contribution in [0.15, 0.2) is 149 Å². The highest BCUT2D eigenvalue weighted by Gasteiger charge is 2.47. The number of nitrogens with zero attached hydrogens (tertiary/aromatic N) is 2. The summed E-state index contributed by atoms with van der Waals surface area (Å²) in [6, 6.07) is 53.2. The quantitative estimate of drug-likeness (QED) is 0.155. The van der Waals surface area contributed by atoms with Crippen LogP contribution in [0.3, 0.4) is 0 Å². The average molecular weight is 786 g/mol. The lowest BCUT2D eigenvalue weighted by Crippen LogP contribution is -2.61. The standard InChI is InChI=1S/C54H52BN3S/c1-32(2)36-18-23-41(24-19-36)57-48-28-37(33(3)4)20-25-44(48)55-45-26-21-38(34(5)6)29-49(45)58-47-27-22-39(35(7)8)30-51(47)59-54-43(31-50(57)52(55)53(54)58)42-16-12-13-17-46(42)56-40-14-10-9-11-15-40/h9-35,56H,1-8H3. The third-order valence-corrected chi connectivity index (χ3v) is 13.9. The largest absolute Gasteiger partial charge is 0.355 e. The Bertz CT molecular complexity index is 2740. The second kappa shape index (κ2) is 14.6. The van der Waals surface area contributed by atoms with Crippen molar-refractivity contribution >= 4 is 80.4 Å². The Labute approximate surface area is 355 Å². The zero-order valence-corrected chi connectivity index (χ0v) is 36.3. The molecule has 0 amide bonds. The Balaban J connectivity index is 1.34. The van der Waals surface area contributed by atoms with Gasteiger partial charge in [0.15, 0.2) is 0 Å². The summed E-state index contributed by atoms with van der Waals surface area (Å²) in [5.74, 6) is 1.68. The van der Waals surface area contributed by atoms with Crippen molar-refractivity contribution in [1.82, 2.24) is 0 Å². The Morgan fingerprint density at radius 3 is 1.68 bits per heavy atom. The SMILES string of the molecule is CC(C)c1ccc(N2c3cc(C(C)C)ccc3B3c4ccc(C(C)C)cc4N4c5ccc(C(C)C)cc5Sc5c(-c6ccccc6Nc6ccccc6)cc2c3c54)cc1. The fraction of sp³-hybridized carbons (Fsp3) is 0.222. The first-order valence-corrected chi connectivity index (χ1v) is 22.3. The third kappa shape index (κ3) is 6.20. The lowest BCUT2D eigenvalue weighted by molar-refractivity contribution is 0.860. The molecule has 0 radical (unpaired) electrons. The first-order chi connectivity index (χ1) is 28.6. The minimum absolute atomic E-state index is 0.0671. The van der Waals surface area contributed by atoms with Crippen LogP contribution >= 0.6 is 11.8 Å². The third-order valence-electron chi connectivity index (χ3n) is 12.8. The second-order valence-electron chi connectivity index (χ2n) is 17.9. The van der Waals surface area contributed by atoms with Gasteiger partial charge in [0.05, 0.1) is 11.4 Å². The average Bonchev–Trinajstić information content (AvgIpc) is 3.24. The molecule has 0 saturated carbocycles. The van der Waals surface area contributed by atoms with Crippen LogP contribution in [0, 0.1) is 0 Å². The molecule has 3 aliphatic heterocycles. The number of nitrogens with one attached hydrogen (secondary N) is 1. The van der Waals surface area contributed by atoms with Gasteiger partial charge in [-0.05, 0) is 123 Å². The van der Waals surface area contributed by atoms with Crippen molar-refractivity contribution in [2.24, 2.45) is 0 Å². The van der Waals surface area contributed by atoms with Gasteiger partial charge < -0.3 is 15.1 Å². The van der Waals surface area contributed by atoms with E-state index in [4.69, 9.17) is 0 Å². The molecule has 0 unspecified atom stereocenters. The van der Waals surface area contributed by atoms with Gasteiger partial charge in [-0.25, -0.2) is 0 Å². The molecule has 0 bridgehead atoms. The number of rotatable bonds is 8. The molecule has 7 aromatic rings. The second-order valence-corrected chi connectivity index (χ2v) is 18.9. The molecule has 0 fully saturated rings. The summed E-state index contributed by atoms with van der Waals surface area (Å²) in [5.41, 5.74) is 21.7. The minimum atomic E-state index is 0.0671. The van der Waals surface area contributed by atoms with Gasteiger partial charge in [-0.1, -0.05) is 146 Å². The van der Waals surface area contributed by atoms with Crippen LogP contribution in [0.2, 0.25) is 0 Å². The number of anilines is 8. The maximum atomic E-state index is 3.83. The maximum absolute atomic E-state index is 3.83. The molecule has 3 nitrogen and oxygen atoms in total.